The molecule has 0 radical (unpaired) electrons. The SMILES string of the molecule is COC(=O)N1C(=O)[C@@H]2[C@@H](CC(CO)=C3[C@@H](CC/C(C)=C/c4ccc(CO)o4)OB(O)C[C@@H]32)C1=O. The Kier molecular flexibility index (Phi) is 7.08. The second-order valence-electron chi connectivity index (χ2n) is 8.95. The normalized spacial score (nSPS) is 27.3. The number of allylic oxidation sites excluding steroid dienone is 1. The van der Waals surface area contributed by atoms with Gasteiger partial charge in [-0.05, 0) is 67.8 Å². The van der Waals surface area contributed by atoms with E-state index in [0.29, 0.717) is 34.8 Å². The monoisotopic (exact) mass is 473 g/mol. The van der Waals surface area contributed by atoms with Gasteiger partial charge in [0.25, 0.3) is 0 Å². The number of furan rings is 1. The Morgan fingerprint density at radius 3 is 2.65 bits per heavy atom. The van der Waals surface area contributed by atoms with Gasteiger partial charge >= 0.3 is 13.2 Å². The molecule has 0 unspecified atom stereocenters. The van der Waals surface area contributed by atoms with Gasteiger partial charge in [-0.3, -0.25) is 9.59 Å². The summed E-state index contributed by atoms with van der Waals surface area (Å²) in [7, 11) is -0.0421. The second kappa shape index (κ2) is 9.87. The first-order chi connectivity index (χ1) is 16.3. The van der Waals surface area contributed by atoms with Crippen molar-refractivity contribution >= 4 is 31.1 Å². The van der Waals surface area contributed by atoms with Crippen molar-refractivity contribution < 1.29 is 43.4 Å². The summed E-state index contributed by atoms with van der Waals surface area (Å²) in [6.45, 7) is 1.43. The highest BCUT2D eigenvalue weighted by Gasteiger charge is 2.59. The third-order valence-corrected chi connectivity index (χ3v) is 6.88. The molecule has 1 aliphatic carbocycles. The summed E-state index contributed by atoms with van der Waals surface area (Å²) in [6.07, 6.45) is 1.56. The van der Waals surface area contributed by atoms with Crippen LogP contribution in [-0.2, 0) is 25.6 Å². The Labute approximate surface area is 197 Å². The predicted octanol–water partition coefficient (Wildman–Crippen LogP) is 1.51. The van der Waals surface area contributed by atoms with Crippen LogP contribution in [-0.4, -0.2) is 65.0 Å². The smallest absolute Gasteiger partial charge is 0.455 e. The molecular formula is C23H28BNO9. The zero-order chi connectivity index (χ0) is 24.6. The lowest BCUT2D eigenvalue weighted by atomic mass is 9.58. The van der Waals surface area contributed by atoms with Crippen LogP contribution in [0.2, 0.25) is 6.32 Å². The first kappa shape index (κ1) is 24.4. The van der Waals surface area contributed by atoms with Crippen LogP contribution < -0.4 is 0 Å². The van der Waals surface area contributed by atoms with Crippen LogP contribution in [0.25, 0.3) is 6.08 Å². The van der Waals surface area contributed by atoms with Gasteiger partial charge in [-0.2, -0.15) is 4.90 Å². The standard InChI is InChI=1S/C23H28BNO9/c1-12(7-14-4-5-15(11-27)33-14)3-6-18-19-13(10-26)8-16-20(17(19)9-24(31)34-18)22(29)25(21(16)28)23(30)32-2/h4-5,7,16-18,20,26-27,31H,3,6,8-11H2,1-2H3/b12-7+/t16-,17+,18-,20-/m1/s1. The number of imide groups is 3. The summed E-state index contributed by atoms with van der Waals surface area (Å²) in [5, 5.41) is 29.7. The Morgan fingerprint density at radius 1 is 1.24 bits per heavy atom. The topological polar surface area (TPSA) is 147 Å². The van der Waals surface area contributed by atoms with E-state index >= 15 is 0 Å². The molecule has 10 nitrogen and oxygen atoms in total. The quantitative estimate of drug-likeness (QED) is 0.318. The van der Waals surface area contributed by atoms with E-state index in [-0.39, 0.29) is 26.0 Å². The summed E-state index contributed by atoms with van der Waals surface area (Å²) in [5.41, 5.74) is 2.31. The second-order valence-corrected chi connectivity index (χ2v) is 8.95. The summed E-state index contributed by atoms with van der Waals surface area (Å²) < 4.78 is 15.9. The van der Waals surface area contributed by atoms with Crippen LogP contribution in [0.4, 0.5) is 4.79 Å². The van der Waals surface area contributed by atoms with Crippen LogP contribution in [0.5, 0.6) is 0 Å². The van der Waals surface area contributed by atoms with Crippen molar-refractivity contribution in [2.45, 2.75) is 45.2 Å². The van der Waals surface area contributed by atoms with Crippen molar-refractivity contribution in [1.82, 2.24) is 4.90 Å². The molecular weight excluding hydrogens is 445 g/mol. The third kappa shape index (κ3) is 4.36. The Morgan fingerprint density at radius 2 is 2.00 bits per heavy atom. The average Bonchev–Trinajstić information content (AvgIpc) is 3.37. The number of ether oxygens (including phenoxy) is 1. The number of hydrogen-bond donors (Lipinski definition) is 3. The van der Waals surface area contributed by atoms with Gasteiger partial charge in [-0.1, -0.05) is 5.57 Å². The number of carbonyl (C=O) groups excluding carboxylic acids is 3. The van der Waals surface area contributed by atoms with Gasteiger partial charge in [0, 0.05) is 0 Å². The number of hydrogen-bond acceptors (Lipinski definition) is 9. The lowest BCUT2D eigenvalue weighted by Gasteiger charge is -2.42. The maximum absolute atomic E-state index is 13.1. The molecule has 3 N–H and O–H groups in total. The fourth-order valence-electron chi connectivity index (χ4n) is 5.41. The summed E-state index contributed by atoms with van der Waals surface area (Å²) in [6, 6.07) is 3.45. The molecule has 3 amide bonds. The summed E-state index contributed by atoms with van der Waals surface area (Å²) >= 11 is 0. The number of methoxy groups -OCH3 is 1. The fourth-order valence-corrected chi connectivity index (χ4v) is 5.41. The number of rotatable bonds is 6. The summed E-state index contributed by atoms with van der Waals surface area (Å²) in [5.74, 6) is -2.32. The highest BCUT2D eigenvalue weighted by atomic mass is 16.5. The molecule has 3 aliphatic rings. The van der Waals surface area contributed by atoms with E-state index < -0.39 is 48.9 Å². The van der Waals surface area contributed by atoms with Crippen molar-refractivity contribution in [3.8, 4) is 0 Å². The zero-order valence-electron chi connectivity index (χ0n) is 19.1. The predicted molar refractivity (Wildman–Crippen MR) is 119 cm³/mol. The molecule has 0 spiro atoms. The van der Waals surface area contributed by atoms with E-state index in [4.69, 9.17) is 14.2 Å². The van der Waals surface area contributed by atoms with Crippen LogP contribution in [0.15, 0.2) is 33.3 Å². The van der Waals surface area contributed by atoms with Crippen LogP contribution in [0.3, 0.4) is 0 Å². The molecule has 0 aromatic carbocycles. The van der Waals surface area contributed by atoms with Gasteiger partial charge in [-0.25, -0.2) is 4.79 Å². The van der Waals surface area contributed by atoms with Crippen LogP contribution in [0, 0.1) is 17.8 Å². The number of likely N-dealkylation sites (tertiary alicyclic amines) is 1. The molecule has 2 aliphatic heterocycles. The molecule has 4 rings (SSSR count). The maximum Gasteiger partial charge on any atom is 0.455 e. The molecule has 3 heterocycles. The van der Waals surface area contributed by atoms with Crippen molar-refractivity contribution in [3.05, 3.63) is 40.4 Å². The van der Waals surface area contributed by atoms with Crippen molar-refractivity contribution in [3.63, 3.8) is 0 Å². The van der Waals surface area contributed by atoms with Gasteiger partial charge in [0.05, 0.1) is 31.7 Å². The number of nitrogens with zero attached hydrogens (tertiary/aromatic N) is 1. The molecule has 1 aromatic heterocycles. The van der Waals surface area contributed by atoms with Crippen LogP contribution >= 0.6 is 0 Å². The molecule has 0 bridgehead atoms. The number of carbonyl (C=O) groups is 3. The molecule has 1 aromatic rings. The Bertz CT molecular complexity index is 1040. The van der Waals surface area contributed by atoms with Crippen LogP contribution in [0.1, 0.15) is 37.7 Å². The van der Waals surface area contributed by atoms with Gasteiger partial charge in [-0.15, -0.1) is 0 Å². The molecule has 2 saturated heterocycles. The lowest BCUT2D eigenvalue weighted by molar-refractivity contribution is -0.137. The maximum atomic E-state index is 13.1. The molecule has 4 atom stereocenters. The Balaban J connectivity index is 1.58. The first-order valence-electron chi connectivity index (χ1n) is 11.3. The van der Waals surface area contributed by atoms with Crippen molar-refractivity contribution in [1.29, 1.82) is 0 Å². The zero-order valence-corrected chi connectivity index (χ0v) is 19.1. The van der Waals surface area contributed by atoms with Crippen molar-refractivity contribution in [2.24, 2.45) is 17.8 Å². The largest absolute Gasteiger partial charge is 0.459 e. The fraction of sp³-hybridized carbons (Fsp3) is 0.522. The molecule has 11 heteroatoms. The average molecular weight is 473 g/mol. The number of aliphatic hydroxyl groups is 2. The van der Waals surface area contributed by atoms with Gasteiger partial charge in [0.2, 0.25) is 11.8 Å². The van der Waals surface area contributed by atoms with E-state index in [1.807, 2.05) is 13.0 Å². The lowest BCUT2D eigenvalue weighted by Crippen LogP contribution is -2.46. The highest BCUT2D eigenvalue weighted by Crippen LogP contribution is 2.50. The molecule has 2 fully saturated rings. The minimum atomic E-state index is -1.14. The first-order valence-corrected chi connectivity index (χ1v) is 11.3. The molecule has 182 valence electrons. The number of fused-ring (bicyclic) bond motifs is 3. The summed E-state index contributed by atoms with van der Waals surface area (Å²) in [4.78, 5) is 38.5. The molecule has 0 saturated carbocycles. The minimum absolute atomic E-state index is 0.0929. The van der Waals surface area contributed by atoms with Gasteiger partial charge < -0.3 is 29.0 Å². The molecule has 34 heavy (non-hydrogen) atoms. The van der Waals surface area contributed by atoms with E-state index in [2.05, 4.69) is 4.74 Å². The highest BCUT2D eigenvalue weighted by molar-refractivity contribution is 6.43. The van der Waals surface area contributed by atoms with E-state index in [1.165, 1.54) is 0 Å². The minimum Gasteiger partial charge on any atom is -0.459 e. The van der Waals surface area contributed by atoms with E-state index in [9.17, 15) is 24.5 Å². The Hall–Kier alpha value is -2.73. The van der Waals surface area contributed by atoms with E-state index in [1.54, 1.807) is 12.1 Å². The van der Waals surface area contributed by atoms with Crippen molar-refractivity contribution in [2.75, 3.05) is 13.7 Å². The van der Waals surface area contributed by atoms with Gasteiger partial charge in [0.1, 0.15) is 18.1 Å². The number of amides is 3. The van der Waals surface area contributed by atoms with Gasteiger partial charge in [0.15, 0.2) is 0 Å². The van der Waals surface area contributed by atoms with E-state index in [0.717, 1.165) is 18.3 Å². The third-order valence-electron chi connectivity index (χ3n) is 6.88. The number of aliphatic hydroxyl groups excluding tert-OH is 2.